The van der Waals surface area contributed by atoms with Gasteiger partial charge in [-0.2, -0.15) is 0 Å². The maximum atomic E-state index is 13.2. The van der Waals surface area contributed by atoms with Crippen LogP contribution in [0.4, 0.5) is 0 Å². The second kappa shape index (κ2) is 17.3. The first-order chi connectivity index (χ1) is 20.8. The molecule has 0 bridgehead atoms. The molecule has 8 atom stereocenters. The highest BCUT2D eigenvalue weighted by Crippen LogP contribution is 2.42. The van der Waals surface area contributed by atoms with Crippen LogP contribution in [0.2, 0.25) is 0 Å². The largest absolute Gasteiger partial charge is 0.295 e. The smallest absolute Gasteiger partial charge is 0.156 e. The zero-order chi connectivity index (χ0) is 32.3. The fraction of sp³-hybridized carbons (Fsp3) is 0.762. The summed E-state index contributed by atoms with van der Waals surface area (Å²) in [4.78, 5) is 26.5. The summed E-state index contributed by atoms with van der Waals surface area (Å²) in [5, 5.41) is 0. The molecule has 44 heavy (non-hydrogen) atoms. The van der Waals surface area contributed by atoms with E-state index in [1.807, 2.05) is 12.2 Å². The molecular formula is C42H68O2. The van der Waals surface area contributed by atoms with E-state index in [0.29, 0.717) is 36.5 Å². The van der Waals surface area contributed by atoms with Crippen LogP contribution >= 0.6 is 0 Å². The lowest BCUT2D eigenvalue weighted by atomic mass is 9.69. The first kappa shape index (κ1) is 36.8. The molecule has 0 unspecified atom stereocenters. The summed E-state index contributed by atoms with van der Waals surface area (Å²) >= 11 is 0. The number of carbonyl (C=O) groups is 2. The van der Waals surface area contributed by atoms with Crippen LogP contribution in [-0.2, 0) is 9.59 Å². The summed E-state index contributed by atoms with van der Waals surface area (Å²) in [6, 6.07) is 0. The number of hydrogen-bond acceptors (Lipinski definition) is 2. The molecule has 0 amide bonds. The number of carbonyl (C=O) groups excluding carboxylic acids is 2. The Kier molecular flexibility index (Phi) is 14.4. The Balaban J connectivity index is 1.71. The molecule has 0 radical (unpaired) electrons. The first-order valence-electron chi connectivity index (χ1n) is 18.6. The average Bonchev–Trinajstić information content (AvgIpc) is 2.94. The molecule has 3 aliphatic rings. The minimum absolute atomic E-state index is 0.146. The lowest BCUT2D eigenvalue weighted by Crippen LogP contribution is -2.27. The van der Waals surface area contributed by atoms with Crippen molar-refractivity contribution in [2.45, 2.75) is 145 Å². The molecule has 0 N–H and O–H groups in total. The van der Waals surface area contributed by atoms with E-state index < -0.39 is 0 Å². The SMILES string of the molecule is CC(C)[C@@H]1CC[C@@H](C)C[C@H]1/C=C/[C@@]1(C)CCC/C=C/C(=O)C[C@@](C)(/C=C/[C@@H]2C[C@H](C)CC[C@H]2C(C)C)CCC/C=C/C(=O)C1. The van der Waals surface area contributed by atoms with Gasteiger partial charge in [-0.1, -0.05) is 105 Å². The van der Waals surface area contributed by atoms with E-state index in [9.17, 15) is 9.59 Å². The van der Waals surface area contributed by atoms with Gasteiger partial charge < -0.3 is 0 Å². The predicted molar refractivity (Wildman–Crippen MR) is 189 cm³/mol. The van der Waals surface area contributed by atoms with Gasteiger partial charge in [-0.25, -0.2) is 0 Å². The van der Waals surface area contributed by atoms with Gasteiger partial charge in [0.2, 0.25) is 0 Å². The van der Waals surface area contributed by atoms with Crippen molar-refractivity contribution in [3.8, 4) is 0 Å². The molecule has 3 aliphatic carbocycles. The lowest BCUT2D eigenvalue weighted by Gasteiger charge is -2.36. The topological polar surface area (TPSA) is 34.1 Å². The Morgan fingerprint density at radius 3 is 1.41 bits per heavy atom. The highest BCUT2D eigenvalue weighted by molar-refractivity contribution is 5.90. The fourth-order valence-corrected chi connectivity index (χ4v) is 8.76. The Bertz CT molecular complexity index is 944. The van der Waals surface area contributed by atoms with Crippen molar-refractivity contribution < 1.29 is 9.59 Å². The van der Waals surface area contributed by atoms with E-state index in [0.717, 1.165) is 62.2 Å². The van der Waals surface area contributed by atoms with Gasteiger partial charge in [0.05, 0.1) is 0 Å². The van der Waals surface area contributed by atoms with E-state index in [1.54, 1.807) is 0 Å². The van der Waals surface area contributed by atoms with Crippen LogP contribution in [0, 0.1) is 58.2 Å². The van der Waals surface area contributed by atoms with Crippen LogP contribution in [0.5, 0.6) is 0 Å². The molecule has 2 fully saturated rings. The number of ketones is 2. The van der Waals surface area contributed by atoms with Gasteiger partial charge in [-0.15, -0.1) is 0 Å². The summed E-state index contributed by atoms with van der Waals surface area (Å²) in [7, 11) is 0. The van der Waals surface area contributed by atoms with Crippen LogP contribution in [0.15, 0.2) is 48.6 Å². The van der Waals surface area contributed by atoms with E-state index in [1.165, 1.54) is 38.5 Å². The summed E-state index contributed by atoms with van der Waals surface area (Å²) in [5.74, 6) is 6.15. The van der Waals surface area contributed by atoms with Crippen LogP contribution in [0.1, 0.15) is 145 Å². The highest BCUT2D eigenvalue weighted by atomic mass is 16.1. The predicted octanol–water partition coefficient (Wildman–Crippen LogP) is 11.9. The normalized spacial score (nSPS) is 39.0. The van der Waals surface area contributed by atoms with Crippen LogP contribution in [-0.4, -0.2) is 11.6 Å². The van der Waals surface area contributed by atoms with Crippen molar-refractivity contribution >= 4 is 11.6 Å². The van der Waals surface area contributed by atoms with Gasteiger partial charge in [0.1, 0.15) is 0 Å². The highest BCUT2D eigenvalue weighted by Gasteiger charge is 2.32. The number of rotatable bonds is 6. The van der Waals surface area contributed by atoms with Gasteiger partial charge in [0.15, 0.2) is 11.6 Å². The molecule has 0 aromatic heterocycles. The van der Waals surface area contributed by atoms with Crippen LogP contribution in [0.3, 0.4) is 0 Å². The van der Waals surface area contributed by atoms with E-state index >= 15 is 0 Å². The van der Waals surface area contributed by atoms with Crippen molar-refractivity contribution in [3.05, 3.63) is 48.6 Å². The minimum Gasteiger partial charge on any atom is -0.295 e. The molecule has 0 aromatic carbocycles. The van der Waals surface area contributed by atoms with Crippen LogP contribution in [0.25, 0.3) is 0 Å². The van der Waals surface area contributed by atoms with Crippen molar-refractivity contribution in [1.82, 2.24) is 0 Å². The molecule has 2 nitrogen and oxygen atoms in total. The monoisotopic (exact) mass is 605 g/mol. The fourth-order valence-electron chi connectivity index (χ4n) is 8.76. The summed E-state index contributed by atoms with van der Waals surface area (Å²) < 4.78 is 0. The van der Waals surface area contributed by atoms with Crippen molar-refractivity contribution in [3.63, 3.8) is 0 Å². The second-order valence-corrected chi connectivity index (χ2v) is 16.9. The van der Waals surface area contributed by atoms with Gasteiger partial charge in [-0.3, -0.25) is 9.59 Å². The molecular weight excluding hydrogens is 536 g/mol. The summed E-state index contributed by atoms with van der Waals surface area (Å²) in [6.45, 7) is 18.8. The van der Waals surface area contributed by atoms with Crippen molar-refractivity contribution in [2.75, 3.05) is 0 Å². The average molecular weight is 605 g/mol. The Labute approximate surface area is 272 Å². The molecule has 2 heteroatoms. The van der Waals surface area contributed by atoms with E-state index in [4.69, 9.17) is 0 Å². The van der Waals surface area contributed by atoms with Gasteiger partial charge in [0, 0.05) is 12.8 Å². The first-order valence-corrected chi connectivity index (χ1v) is 18.6. The standard InChI is InChI=1S/C42H68O2/c1-31(2)39-19-17-33(5)27-35(39)21-25-41(7)23-13-9-11-16-38(44)30-42(8,24-14-10-12-15-37(43)29-41)26-22-36-28-34(6)18-20-40(36)32(3)4/h11-12,15-16,21-22,25-26,31-36,39-40H,9-10,13-14,17-20,23-24,27-30H2,1-8H3/b15-12+,16-11+,25-21+,26-22+/t33-,34-,35-,36-,39+,40+,41-,42-/m1/s1. The van der Waals surface area contributed by atoms with Crippen molar-refractivity contribution in [1.29, 1.82) is 0 Å². The molecule has 2 saturated carbocycles. The van der Waals surface area contributed by atoms with Gasteiger partial charge >= 0.3 is 0 Å². The maximum Gasteiger partial charge on any atom is 0.156 e. The van der Waals surface area contributed by atoms with Crippen LogP contribution < -0.4 is 0 Å². The third-order valence-corrected chi connectivity index (χ3v) is 11.6. The molecule has 0 saturated heterocycles. The molecule has 0 spiro atoms. The van der Waals surface area contributed by atoms with E-state index in [2.05, 4.69) is 91.8 Å². The third-order valence-electron chi connectivity index (χ3n) is 11.6. The minimum atomic E-state index is -0.146. The summed E-state index contributed by atoms with van der Waals surface area (Å²) in [6.07, 6.45) is 32.3. The maximum absolute atomic E-state index is 13.2. The summed E-state index contributed by atoms with van der Waals surface area (Å²) in [5.41, 5.74) is -0.293. The zero-order valence-corrected chi connectivity index (χ0v) is 30.0. The Morgan fingerprint density at radius 2 is 1.05 bits per heavy atom. The number of hydrogen-bond donors (Lipinski definition) is 0. The van der Waals surface area contributed by atoms with E-state index in [-0.39, 0.29) is 22.4 Å². The molecule has 3 rings (SSSR count). The molecule has 0 heterocycles. The zero-order valence-electron chi connectivity index (χ0n) is 30.0. The Hall–Kier alpha value is -1.70. The van der Waals surface area contributed by atoms with Gasteiger partial charge in [0.25, 0.3) is 0 Å². The lowest BCUT2D eigenvalue weighted by molar-refractivity contribution is -0.116. The second-order valence-electron chi connectivity index (χ2n) is 16.9. The van der Waals surface area contributed by atoms with Crippen molar-refractivity contribution in [2.24, 2.45) is 58.2 Å². The number of allylic oxidation sites excluding steroid dienone is 8. The third kappa shape index (κ3) is 11.9. The Morgan fingerprint density at radius 1 is 0.659 bits per heavy atom. The quantitative estimate of drug-likeness (QED) is 0.283. The molecule has 248 valence electrons. The molecule has 0 aromatic rings. The van der Waals surface area contributed by atoms with Gasteiger partial charge in [-0.05, 0) is 135 Å². The molecule has 0 aliphatic heterocycles.